The number of hydrogen-bond acceptors (Lipinski definition) is 27. The van der Waals surface area contributed by atoms with Gasteiger partial charge in [0.05, 0.1) is 34.3 Å². The number of phenols is 16. The van der Waals surface area contributed by atoms with Crippen LogP contribution < -0.4 is 4.74 Å². The van der Waals surface area contributed by atoms with Crippen LogP contribution in [0.15, 0.2) is 42.5 Å². The predicted molar refractivity (Wildman–Crippen MR) is 242 cm³/mol. The number of carbonyl (C=O) groups is 4. The Bertz CT molecular complexity index is 3600. The summed E-state index contributed by atoms with van der Waals surface area (Å²) in [4.78, 5) is 58.3. The van der Waals surface area contributed by atoms with Crippen LogP contribution in [-0.2, 0) is 25.4 Å². The number of aliphatic hydroxyl groups excluding tert-OH is 2. The van der Waals surface area contributed by atoms with E-state index >= 15 is 0 Å². The molecular weight excluding hydrogens is 1020 g/mol. The summed E-state index contributed by atoms with van der Waals surface area (Å²) < 4.78 is 29.1. The van der Waals surface area contributed by atoms with Crippen molar-refractivity contribution in [2.75, 3.05) is 6.61 Å². The number of fused-ring (bicyclic) bond motifs is 8. The molecule has 2 bridgehead atoms. The number of rotatable bonds is 3. The third kappa shape index (κ3) is 7.11. The zero-order chi connectivity index (χ0) is 55.0. The van der Waals surface area contributed by atoms with Crippen LogP contribution in [0.4, 0.5) is 0 Å². The molecule has 4 heterocycles. The van der Waals surface area contributed by atoms with Crippen molar-refractivity contribution in [2.24, 2.45) is 0 Å². The maximum Gasteiger partial charge on any atom is 0.339 e. The predicted octanol–water partition coefficient (Wildman–Crippen LogP) is 2.31. The minimum Gasteiger partial charge on any atom is -0.507 e. The van der Waals surface area contributed by atoms with Crippen LogP contribution in [-0.4, -0.2) is 153 Å². The highest BCUT2D eigenvalue weighted by Gasteiger charge is 2.56. The van der Waals surface area contributed by atoms with Crippen molar-refractivity contribution in [3.8, 4) is 120 Å². The van der Waals surface area contributed by atoms with Crippen molar-refractivity contribution >= 4 is 23.9 Å². The lowest BCUT2D eigenvalue weighted by molar-refractivity contribution is -0.133. The summed E-state index contributed by atoms with van der Waals surface area (Å²) in [6.07, 6.45) is -14.6. The van der Waals surface area contributed by atoms with Crippen molar-refractivity contribution in [1.29, 1.82) is 0 Å². The highest BCUT2D eigenvalue weighted by Crippen LogP contribution is 2.62. The molecule has 0 saturated carbocycles. The van der Waals surface area contributed by atoms with Gasteiger partial charge in [0.2, 0.25) is 23.0 Å². The molecule has 6 aromatic rings. The zero-order valence-electron chi connectivity index (χ0n) is 37.7. The van der Waals surface area contributed by atoms with Gasteiger partial charge < -0.3 is 116 Å². The summed E-state index contributed by atoms with van der Waals surface area (Å²) in [5, 5.41) is 200. The van der Waals surface area contributed by atoms with Crippen LogP contribution >= 0.6 is 0 Å². The standard InChI is InChI=1S/C49H36O27/c50-15-2-1-10(3-17(15)52)41-22(57)4-11-16(51)8-18(53)27(42(11)73-41)30-29-31-28(38(65)40(67)39(29)66)26-14(7-21(56)34(61)37(26)64)48(70)76-45(44(30)75-49(31)71)43-23(58)9-72-46(68)12-5-19(54)32(59)35(62)24(12)25-13(47(69)74-43)6-20(55)33(60)36(25)63/h1-3,5-8,22-23,30,41,43-45,50-67H,4,9H2/t22?,23-,30-,41?,43-,44+,45+/m1/s1. The molecule has 0 amide bonds. The first-order valence-electron chi connectivity index (χ1n) is 21.9. The van der Waals surface area contributed by atoms with E-state index in [2.05, 4.69) is 0 Å². The Balaban J connectivity index is 1.28. The molecule has 0 spiro atoms. The third-order valence-electron chi connectivity index (χ3n) is 13.4. The lowest BCUT2D eigenvalue weighted by atomic mass is 9.73. The Morgan fingerprint density at radius 3 is 1.43 bits per heavy atom. The van der Waals surface area contributed by atoms with Crippen molar-refractivity contribution in [3.05, 3.63) is 87.0 Å². The molecule has 2 unspecified atom stereocenters. The largest absolute Gasteiger partial charge is 0.507 e. The fraction of sp³-hybridized carbons (Fsp3) is 0.184. The maximum absolute atomic E-state index is 14.8. The monoisotopic (exact) mass is 1060 g/mol. The van der Waals surface area contributed by atoms with E-state index < -0.39 is 233 Å². The maximum atomic E-state index is 14.8. The second kappa shape index (κ2) is 17.2. The molecule has 7 atom stereocenters. The highest BCUT2D eigenvalue weighted by molar-refractivity contribution is 6.11. The van der Waals surface area contributed by atoms with Crippen LogP contribution in [0.1, 0.15) is 75.7 Å². The molecule has 4 aliphatic heterocycles. The topological polar surface area (TPSA) is 479 Å². The molecule has 76 heavy (non-hydrogen) atoms. The van der Waals surface area contributed by atoms with E-state index in [1.165, 1.54) is 6.07 Å². The molecular formula is C49H36O27. The molecule has 18 N–H and O–H groups in total. The van der Waals surface area contributed by atoms with Gasteiger partial charge in [-0.25, -0.2) is 19.2 Å². The lowest BCUT2D eigenvalue weighted by Crippen LogP contribution is -2.55. The quantitative estimate of drug-likeness (QED) is 0.0687. The van der Waals surface area contributed by atoms with Gasteiger partial charge >= 0.3 is 23.9 Å². The van der Waals surface area contributed by atoms with Gasteiger partial charge in [-0.3, -0.25) is 0 Å². The highest BCUT2D eigenvalue weighted by atomic mass is 16.6. The molecule has 27 heteroatoms. The van der Waals surface area contributed by atoms with Gasteiger partial charge in [-0.1, -0.05) is 6.07 Å². The lowest BCUT2D eigenvalue weighted by Gasteiger charge is -2.43. The van der Waals surface area contributed by atoms with Gasteiger partial charge in [0.1, 0.15) is 36.1 Å². The molecule has 0 aromatic heterocycles. The van der Waals surface area contributed by atoms with E-state index in [0.717, 1.165) is 12.1 Å². The Hall–Kier alpha value is -10.3. The number of carbonyl (C=O) groups excluding carboxylic acids is 4. The number of aromatic hydroxyl groups is 16. The third-order valence-corrected chi connectivity index (χ3v) is 13.4. The normalized spacial score (nSPS) is 21.7. The second-order valence-corrected chi connectivity index (χ2v) is 17.7. The summed E-state index contributed by atoms with van der Waals surface area (Å²) in [6.45, 7) is -1.44. The first-order valence-corrected chi connectivity index (χ1v) is 21.9. The molecule has 4 aliphatic rings. The number of ether oxygens (including phenoxy) is 5. The summed E-state index contributed by atoms with van der Waals surface area (Å²) in [5.41, 5.74) is -11.2. The Morgan fingerprint density at radius 2 is 0.882 bits per heavy atom. The minimum atomic E-state index is -2.77. The summed E-state index contributed by atoms with van der Waals surface area (Å²) in [6, 6.07) is 5.02. The molecule has 10 rings (SSSR count). The van der Waals surface area contributed by atoms with Crippen LogP contribution in [0.3, 0.4) is 0 Å². The minimum absolute atomic E-state index is 0.0770. The van der Waals surface area contributed by atoms with Crippen LogP contribution in [0, 0.1) is 0 Å². The number of phenolic OH excluding ortho intramolecular Hbond substituents is 16. The molecule has 0 radical (unpaired) electrons. The molecule has 6 aromatic carbocycles. The number of esters is 4. The van der Waals surface area contributed by atoms with Gasteiger partial charge in [0.25, 0.3) is 0 Å². The first kappa shape index (κ1) is 49.3. The van der Waals surface area contributed by atoms with Crippen LogP contribution in [0.25, 0.3) is 22.3 Å². The molecule has 27 nitrogen and oxygen atoms in total. The summed E-state index contributed by atoms with van der Waals surface area (Å²) in [5.74, 6) is -30.6. The average molecular weight is 1060 g/mol. The first-order chi connectivity index (χ1) is 35.8. The number of benzene rings is 6. The molecule has 0 fully saturated rings. The van der Waals surface area contributed by atoms with Crippen LogP contribution in [0.5, 0.6) is 97.7 Å². The van der Waals surface area contributed by atoms with Crippen molar-refractivity contribution in [2.45, 2.75) is 49.0 Å². The van der Waals surface area contributed by atoms with Crippen molar-refractivity contribution < 1.29 is 135 Å². The summed E-state index contributed by atoms with van der Waals surface area (Å²) >= 11 is 0. The number of hydrogen-bond donors (Lipinski definition) is 18. The van der Waals surface area contributed by atoms with E-state index in [0.29, 0.717) is 24.3 Å². The van der Waals surface area contributed by atoms with E-state index in [1.807, 2.05) is 0 Å². The van der Waals surface area contributed by atoms with Crippen LogP contribution in [0.2, 0.25) is 0 Å². The van der Waals surface area contributed by atoms with E-state index in [-0.39, 0.29) is 11.1 Å². The molecule has 394 valence electrons. The van der Waals surface area contributed by atoms with Gasteiger partial charge in [-0.05, 0) is 35.9 Å². The summed E-state index contributed by atoms with van der Waals surface area (Å²) in [7, 11) is 0. The smallest absolute Gasteiger partial charge is 0.339 e. The second-order valence-electron chi connectivity index (χ2n) is 17.7. The number of aliphatic hydroxyl groups is 2. The van der Waals surface area contributed by atoms with Gasteiger partial charge in [0.15, 0.2) is 75.8 Å². The Morgan fingerprint density at radius 1 is 0.382 bits per heavy atom. The molecule has 0 saturated heterocycles. The zero-order valence-corrected chi connectivity index (χ0v) is 37.7. The number of cyclic esters (lactones) is 3. The van der Waals surface area contributed by atoms with E-state index in [1.54, 1.807) is 0 Å². The van der Waals surface area contributed by atoms with Crippen molar-refractivity contribution in [3.63, 3.8) is 0 Å². The average Bonchev–Trinajstić information content (AvgIpc) is 3.46. The van der Waals surface area contributed by atoms with Crippen molar-refractivity contribution in [1.82, 2.24) is 0 Å². The van der Waals surface area contributed by atoms with Gasteiger partial charge in [-0.15, -0.1) is 0 Å². The van der Waals surface area contributed by atoms with E-state index in [4.69, 9.17) is 23.7 Å². The SMILES string of the molecule is O=C1OC[C@@H](O)[C@H]([C@@H]2OC(=O)c3cc(O)c(O)c(O)c3-c3c(O)c(O)c(O)c4c3C(=O)O[C@H]2[C@@H]4c2c(O)cc(O)c3c2OC(c2ccc(O)c(O)c2)C(O)C3)OC(=O)c2cc(O)c(O)c(O)c2-c2c1cc(O)c(O)c2O. The van der Waals surface area contributed by atoms with Gasteiger partial charge in [0, 0.05) is 51.4 Å². The fourth-order valence-corrected chi connectivity index (χ4v) is 9.89. The van der Waals surface area contributed by atoms with E-state index in [9.17, 15) is 111 Å². The Labute approximate surface area is 420 Å². The fourth-order valence-electron chi connectivity index (χ4n) is 9.89. The molecule has 0 aliphatic carbocycles. The Kier molecular flexibility index (Phi) is 11.1. The van der Waals surface area contributed by atoms with Gasteiger partial charge in [-0.2, -0.15) is 0 Å².